The summed E-state index contributed by atoms with van der Waals surface area (Å²) in [6, 6.07) is 21.1. The second-order valence-corrected chi connectivity index (χ2v) is 10.8. The molecule has 0 heterocycles. The topological polar surface area (TPSA) is 217 Å². The van der Waals surface area contributed by atoms with E-state index < -0.39 is 32.7 Å². The lowest BCUT2D eigenvalue weighted by molar-refractivity contribution is -0.386. The van der Waals surface area contributed by atoms with Gasteiger partial charge in [0.1, 0.15) is 11.5 Å². The number of rotatable bonds is 10. The Labute approximate surface area is 284 Å². The summed E-state index contributed by atoms with van der Waals surface area (Å²) in [6.07, 6.45) is 5.22. The van der Waals surface area contributed by atoms with Crippen molar-refractivity contribution in [1.82, 2.24) is 0 Å². The van der Waals surface area contributed by atoms with Gasteiger partial charge in [-0.05, 0) is 61.4 Å². The van der Waals surface area contributed by atoms with E-state index in [2.05, 4.69) is 20.0 Å². The first kappa shape index (κ1) is 34.1. The van der Waals surface area contributed by atoms with E-state index in [9.17, 15) is 40.7 Å². The molecule has 0 bridgehead atoms. The first-order valence-electron chi connectivity index (χ1n) is 14.8. The van der Waals surface area contributed by atoms with E-state index in [-0.39, 0.29) is 45.4 Å². The smallest absolute Gasteiger partial charge is 0.311 e. The summed E-state index contributed by atoms with van der Waals surface area (Å²) in [5.41, 5.74) is 1.75. The lowest BCUT2D eigenvalue weighted by Crippen LogP contribution is -1.92. The molecule has 5 aromatic rings. The van der Waals surface area contributed by atoms with Crippen LogP contribution in [0.3, 0.4) is 0 Å². The third-order valence-corrected chi connectivity index (χ3v) is 7.47. The van der Waals surface area contributed by atoms with Crippen LogP contribution in [-0.4, -0.2) is 55.1 Å². The van der Waals surface area contributed by atoms with Crippen LogP contribution in [0.25, 0.3) is 0 Å². The van der Waals surface area contributed by atoms with Crippen LogP contribution in [-0.2, 0) is 0 Å². The SMILES string of the molecule is Cc1cccc(C=Nc2cc(N=Cc3cccc(C)c3O)c(N=Cc3cccc([N+](=O)[O-])c3O)cc2N=Cc2cccc([N+](=O)[O-])c2O)c1O. The van der Waals surface area contributed by atoms with Gasteiger partial charge < -0.3 is 20.4 Å². The molecule has 0 amide bonds. The summed E-state index contributed by atoms with van der Waals surface area (Å²) in [7, 11) is 0. The van der Waals surface area contributed by atoms with E-state index >= 15 is 0 Å². The quantitative estimate of drug-likeness (QED) is 0.0647. The third kappa shape index (κ3) is 7.50. The average Bonchev–Trinajstić information content (AvgIpc) is 3.09. The predicted molar refractivity (Wildman–Crippen MR) is 191 cm³/mol. The zero-order chi connectivity index (χ0) is 35.9. The van der Waals surface area contributed by atoms with E-state index in [1.54, 1.807) is 50.2 Å². The van der Waals surface area contributed by atoms with Crippen molar-refractivity contribution in [3.8, 4) is 23.0 Å². The van der Waals surface area contributed by atoms with Gasteiger partial charge in [-0.3, -0.25) is 40.2 Å². The van der Waals surface area contributed by atoms with E-state index in [1.165, 1.54) is 61.3 Å². The highest BCUT2D eigenvalue weighted by Crippen LogP contribution is 2.41. The molecule has 0 saturated heterocycles. The molecule has 0 radical (unpaired) electrons. The van der Waals surface area contributed by atoms with E-state index in [0.717, 1.165) is 12.1 Å². The zero-order valence-corrected chi connectivity index (χ0v) is 26.5. The number of para-hydroxylation sites is 4. The fraction of sp³-hybridized carbons (Fsp3) is 0.0556. The highest BCUT2D eigenvalue weighted by molar-refractivity contribution is 5.95. The minimum absolute atomic E-state index is 0.00830. The predicted octanol–water partition coefficient (Wildman–Crippen LogP) is 7.94. The molecule has 5 rings (SSSR count). The summed E-state index contributed by atoms with van der Waals surface area (Å²) in [6.45, 7) is 3.46. The number of hydrogen-bond donors (Lipinski definition) is 4. The van der Waals surface area contributed by atoms with Crippen molar-refractivity contribution in [3.05, 3.63) is 139 Å². The lowest BCUT2D eigenvalue weighted by Gasteiger charge is -2.08. The monoisotopic (exact) mass is 672 g/mol. The minimum Gasteiger partial charge on any atom is -0.507 e. The molecule has 0 aliphatic heterocycles. The molecule has 5 aromatic carbocycles. The van der Waals surface area contributed by atoms with Crippen molar-refractivity contribution in [1.29, 1.82) is 0 Å². The van der Waals surface area contributed by atoms with Crippen LogP contribution < -0.4 is 0 Å². The van der Waals surface area contributed by atoms with Crippen LogP contribution in [0, 0.1) is 34.1 Å². The van der Waals surface area contributed by atoms with Gasteiger partial charge in [-0.1, -0.05) is 36.4 Å². The Hall–Kier alpha value is -7.22. The Kier molecular flexibility index (Phi) is 10.0. The highest BCUT2D eigenvalue weighted by atomic mass is 16.6. The molecule has 0 atom stereocenters. The van der Waals surface area contributed by atoms with Gasteiger partial charge >= 0.3 is 11.4 Å². The minimum atomic E-state index is -0.730. The van der Waals surface area contributed by atoms with Gasteiger partial charge in [-0.25, -0.2) is 0 Å². The number of aryl methyl sites for hydroxylation is 2. The molecule has 50 heavy (non-hydrogen) atoms. The van der Waals surface area contributed by atoms with Crippen molar-refractivity contribution in [2.45, 2.75) is 13.8 Å². The standard InChI is InChI=1S/C36H28N6O8/c1-21-7-3-9-23(33(21)43)17-37-27-15-28(38-18-24-10-4-8-22(2)34(24)44)30(40-20-26-12-6-14-32(36(26)46)42(49)50)16-29(27)39-19-25-11-5-13-31(35(25)45)41(47)48/h3-20,43-46H,1-2H3. The van der Waals surface area contributed by atoms with Gasteiger partial charge in [-0.2, -0.15) is 0 Å². The summed E-state index contributed by atoms with van der Waals surface area (Å²) < 4.78 is 0. The molecule has 14 heteroatoms. The Morgan fingerprint density at radius 3 is 1.06 bits per heavy atom. The maximum atomic E-state index is 11.4. The number of phenols is 4. The second-order valence-electron chi connectivity index (χ2n) is 10.8. The highest BCUT2D eigenvalue weighted by Gasteiger charge is 2.17. The first-order valence-corrected chi connectivity index (χ1v) is 14.8. The summed E-state index contributed by atoms with van der Waals surface area (Å²) in [5, 5.41) is 65.0. The van der Waals surface area contributed by atoms with Gasteiger partial charge in [-0.15, -0.1) is 0 Å². The Balaban J connectivity index is 1.71. The third-order valence-electron chi connectivity index (χ3n) is 7.47. The number of phenolic OH excluding ortho intramolecular Hbond substituents is 4. The average molecular weight is 673 g/mol. The molecule has 0 aliphatic rings. The normalized spacial score (nSPS) is 11.7. The Morgan fingerprint density at radius 1 is 0.480 bits per heavy atom. The molecule has 14 nitrogen and oxygen atoms in total. The van der Waals surface area contributed by atoms with Crippen molar-refractivity contribution in [2.75, 3.05) is 0 Å². The van der Waals surface area contributed by atoms with Gasteiger partial charge in [0.2, 0.25) is 11.5 Å². The van der Waals surface area contributed by atoms with Crippen molar-refractivity contribution in [3.63, 3.8) is 0 Å². The molecular weight excluding hydrogens is 644 g/mol. The molecule has 0 spiro atoms. The number of nitro groups is 2. The van der Waals surface area contributed by atoms with Crippen LogP contribution in [0.15, 0.2) is 105 Å². The molecular formula is C36H28N6O8. The van der Waals surface area contributed by atoms with Gasteiger partial charge in [0.05, 0.1) is 32.6 Å². The van der Waals surface area contributed by atoms with Crippen LogP contribution in [0.4, 0.5) is 34.1 Å². The Morgan fingerprint density at radius 2 is 0.760 bits per heavy atom. The number of hydrogen-bond acceptors (Lipinski definition) is 12. The number of benzene rings is 5. The molecule has 0 aliphatic carbocycles. The van der Waals surface area contributed by atoms with Crippen LogP contribution in [0.1, 0.15) is 33.4 Å². The maximum absolute atomic E-state index is 11.4. The summed E-state index contributed by atoms with van der Waals surface area (Å²) in [4.78, 5) is 39.3. The number of aliphatic imine (C=N–C) groups is 4. The van der Waals surface area contributed by atoms with Crippen molar-refractivity contribution < 1.29 is 30.3 Å². The summed E-state index contributed by atoms with van der Waals surface area (Å²) in [5.74, 6) is -1.19. The van der Waals surface area contributed by atoms with Crippen LogP contribution in [0.5, 0.6) is 23.0 Å². The molecule has 4 N–H and O–H groups in total. The summed E-state index contributed by atoms with van der Waals surface area (Å²) >= 11 is 0. The van der Waals surface area contributed by atoms with Crippen molar-refractivity contribution >= 4 is 59.0 Å². The molecule has 0 unspecified atom stereocenters. The second kappa shape index (κ2) is 14.7. The largest absolute Gasteiger partial charge is 0.507 e. The lowest BCUT2D eigenvalue weighted by atomic mass is 10.1. The molecule has 0 fully saturated rings. The number of aromatic hydroxyl groups is 4. The molecule has 0 saturated carbocycles. The van der Waals surface area contributed by atoms with Crippen LogP contribution in [0.2, 0.25) is 0 Å². The molecule has 0 aromatic heterocycles. The number of nitrogens with zero attached hydrogens (tertiary/aromatic N) is 6. The Bertz CT molecular complexity index is 2110. The van der Waals surface area contributed by atoms with Gasteiger partial charge in [0.25, 0.3) is 0 Å². The van der Waals surface area contributed by atoms with E-state index in [4.69, 9.17) is 0 Å². The van der Waals surface area contributed by atoms with Crippen LogP contribution >= 0.6 is 0 Å². The fourth-order valence-corrected chi connectivity index (χ4v) is 4.70. The zero-order valence-electron chi connectivity index (χ0n) is 26.5. The van der Waals surface area contributed by atoms with E-state index in [0.29, 0.717) is 22.3 Å². The number of nitro benzene ring substituents is 2. The van der Waals surface area contributed by atoms with Crippen molar-refractivity contribution in [2.24, 2.45) is 20.0 Å². The van der Waals surface area contributed by atoms with Gasteiger partial charge in [0.15, 0.2) is 0 Å². The molecule has 250 valence electrons. The maximum Gasteiger partial charge on any atom is 0.311 e. The van der Waals surface area contributed by atoms with E-state index in [1.807, 2.05) is 0 Å². The fourth-order valence-electron chi connectivity index (χ4n) is 4.70. The van der Waals surface area contributed by atoms with Gasteiger partial charge in [0, 0.05) is 59.2 Å². The first-order chi connectivity index (χ1) is 23.9.